The molecule has 2 rings (SSSR count). The molecule has 0 unspecified atom stereocenters. The Morgan fingerprint density at radius 1 is 1.38 bits per heavy atom. The highest BCUT2D eigenvalue weighted by Gasteiger charge is 2.08. The van der Waals surface area contributed by atoms with Gasteiger partial charge in [0.25, 0.3) is 5.91 Å². The van der Waals surface area contributed by atoms with Crippen molar-refractivity contribution in [3.63, 3.8) is 0 Å². The zero-order chi connectivity index (χ0) is 15.2. The van der Waals surface area contributed by atoms with E-state index < -0.39 is 11.9 Å². The number of anilines is 1. The van der Waals surface area contributed by atoms with Crippen LogP contribution in [0.15, 0.2) is 36.7 Å². The molecule has 7 nitrogen and oxygen atoms in total. The summed E-state index contributed by atoms with van der Waals surface area (Å²) in [5.74, 6) is -1.00. The molecule has 1 amide bonds. The lowest BCUT2D eigenvalue weighted by atomic mass is 10.3. The van der Waals surface area contributed by atoms with E-state index in [1.807, 2.05) is 0 Å². The first-order chi connectivity index (χ1) is 10.0. The van der Waals surface area contributed by atoms with E-state index in [1.54, 1.807) is 24.3 Å². The van der Waals surface area contributed by atoms with E-state index in [0.29, 0.717) is 16.5 Å². The molecule has 0 aliphatic carbocycles. The monoisotopic (exact) mass is 309 g/mol. The van der Waals surface area contributed by atoms with Crippen LogP contribution in [0.1, 0.15) is 0 Å². The van der Waals surface area contributed by atoms with Crippen LogP contribution in [0.2, 0.25) is 5.02 Å². The molecule has 8 heteroatoms. The molecule has 0 spiro atoms. The fraction of sp³-hybridized carbons (Fsp3) is 0.154. The third-order valence-electron chi connectivity index (χ3n) is 2.41. The van der Waals surface area contributed by atoms with Crippen molar-refractivity contribution in [1.29, 1.82) is 0 Å². The molecule has 0 saturated heterocycles. The molecule has 1 aromatic heterocycles. The molecule has 0 aliphatic rings. The number of amides is 1. The Bertz CT molecular complexity index is 656. The lowest BCUT2D eigenvalue weighted by Gasteiger charge is -2.07. The predicted molar refractivity (Wildman–Crippen MR) is 75.4 cm³/mol. The van der Waals surface area contributed by atoms with E-state index in [2.05, 4.69) is 10.4 Å². The van der Waals surface area contributed by atoms with Gasteiger partial charge >= 0.3 is 5.97 Å². The number of para-hydroxylation sites is 1. The Morgan fingerprint density at radius 2 is 2.14 bits per heavy atom. The number of aromatic nitrogens is 2. The van der Waals surface area contributed by atoms with Gasteiger partial charge in [-0.1, -0.05) is 23.7 Å². The summed E-state index contributed by atoms with van der Waals surface area (Å²) in [6.07, 6.45) is 2.78. The van der Waals surface area contributed by atoms with Crippen molar-refractivity contribution in [2.24, 2.45) is 0 Å². The maximum Gasteiger partial charge on any atom is 0.325 e. The maximum absolute atomic E-state index is 11.7. The van der Waals surface area contributed by atoms with Gasteiger partial charge in [0.05, 0.1) is 16.9 Å². The summed E-state index contributed by atoms with van der Waals surface area (Å²) in [7, 11) is 0. The van der Waals surface area contributed by atoms with Crippen molar-refractivity contribution in [1.82, 2.24) is 9.78 Å². The zero-order valence-electron chi connectivity index (χ0n) is 10.8. The molecule has 0 saturated carbocycles. The Hall–Kier alpha value is -2.54. The van der Waals surface area contributed by atoms with Crippen LogP contribution in [0, 0.1) is 0 Å². The smallest absolute Gasteiger partial charge is 0.325 e. The van der Waals surface area contributed by atoms with Crippen molar-refractivity contribution < 1.29 is 19.4 Å². The number of benzene rings is 1. The van der Waals surface area contributed by atoms with E-state index in [4.69, 9.17) is 21.4 Å². The lowest BCUT2D eigenvalue weighted by Crippen LogP contribution is -2.20. The standard InChI is InChI=1S/C13H12ClN3O4/c14-10-3-1-2-4-11(10)21-8-12(18)16-9-5-15-17(6-9)7-13(19)20/h1-6H,7-8H2,(H,16,18)(H,19,20). The average Bonchev–Trinajstić information content (AvgIpc) is 2.84. The van der Waals surface area contributed by atoms with Crippen LogP contribution in [-0.2, 0) is 16.1 Å². The Balaban J connectivity index is 1.86. The molecule has 0 bridgehead atoms. The largest absolute Gasteiger partial charge is 0.482 e. The summed E-state index contributed by atoms with van der Waals surface area (Å²) in [5.41, 5.74) is 0.393. The van der Waals surface area contributed by atoms with Crippen molar-refractivity contribution in [2.45, 2.75) is 6.54 Å². The number of carbonyl (C=O) groups is 2. The molecule has 1 aromatic carbocycles. The van der Waals surface area contributed by atoms with Gasteiger partial charge in [0.2, 0.25) is 0 Å². The number of carboxylic acids is 1. The number of nitrogens with zero attached hydrogens (tertiary/aromatic N) is 2. The number of carboxylic acid groups (broad SMARTS) is 1. The van der Waals surface area contributed by atoms with Crippen LogP contribution in [0.3, 0.4) is 0 Å². The van der Waals surface area contributed by atoms with E-state index in [-0.39, 0.29) is 13.2 Å². The molecule has 110 valence electrons. The minimum absolute atomic E-state index is 0.214. The number of carbonyl (C=O) groups excluding carboxylic acids is 1. The van der Waals surface area contributed by atoms with Gasteiger partial charge in [0.1, 0.15) is 12.3 Å². The topological polar surface area (TPSA) is 93.5 Å². The highest BCUT2D eigenvalue weighted by Crippen LogP contribution is 2.22. The predicted octanol–water partition coefficient (Wildman–Crippen LogP) is 1.64. The second-order valence-electron chi connectivity index (χ2n) is 4.09. The van der Waals surface area contributed by atoms with Gasteiger partial charge < -0.3 is 15.2 Å². The van der Waals surface area contributed by atoms with Crippen LogP contribution in [0.4, 0.5) is 5.69 Å². The third kappa shape index (κ3) is 4.50. The second-order valence-corrected chi connectivity index (χ2v) is 4.49. The van der Waals surface area contributed by atoms with Crippen LogP contribution >= 0.6 is 11.6 Å². The van der Waals surface area contributed by atoms with Gasteiger partial charge in [-0.05, 0) is 12.1 Å². The maximum atomic E-state index is 11.7. The van der Waals surface area contributed by atoms with Gasteiger partial charge in [-0.15, -0.1) is 0 Å². The number of halogens is 1. The molecule has 1 heterocycles. The van der Waals surface area contributed by atoms with E-state index in [9.17, 15) is 9.59 Å². The summed E-state index contributed by atoms with van der Waals surface area (Å²) in [4.78, 5) is 22.2. The summed E-state index contributed by atoms with van der Waals surface area (Å²) in [6.45, 7) is -0.486. The molecule has 0 aliphatic heterocycles. The molecule has 0 atom stereocenters. The lowest BCUT2D eigenvalue weighted by molar-refractivity contribution is -0.137. The fourth-order valence-electron chi connectivity index (χ4n) is 1.56. The van der Waals surface area contributed by atoms with Crippen molar-refractivity contribution in [3.8, 4) is 5.75 Å². The molecule has 2 N–H and O–H groups in total. The molecule has 2 aromatic rings. The second kappa shape index (κ2) is 6.76. The van der Waals surface area contributed by atoms with Crippen molar-refractivity contribution in [2.75, 3.05) is 11.9 Å². The quantitative estimate of drug-likeness (QED) is 0.846. The van der Waals surface area contributed by atoms with Gasteiger partial charge in [-0.3, -0.25) is 14.3 Å². The summed E-state index contributed by atoms with van der Waals surface area (Å²) >= 11 is 5.89. The molecule has 0 radical (unpaired) electrons. The Kier molecular flexibility index (Phi) is 4.78. The van der Waals surface area contributed by atoms with Gasteiger partial charge in [0, 0.05) is 6.20 Å². The van der Waals surface area contributed by atoms with Gasteiger partial charge in [-0.2, -0.15) is 5.10 Å². The van der Waals surface area contributed by atoms with Crippen LogP contribution in [0.25, 0.3) is 0 Å². The van der Waals surface area contributed by atoms with E-state index in [0.717, 1.165) is 0 Å². The number of nitrogens with one attached hydrogen (secondary N) is 1. The minimum Gasteiger partial charge on any atom is -0.482 e. The highest BCUT2D eigenvalue weighted by molar-refractivity contribution is 6.32. The minimum atomic E-state index is -1.02. The fourth-order valence-corrected chi connectivity index (χ4v) is 1.75. The average molecular weight is 310 g/mol. The van der Waals surface area contributed by atoms with E-state index >= 15 is 0 Å². The first-order valence-corrected chi connectivity index (χ1v) is 6.34. The number of hydrogen-bond acceptors (Lipinski definition) is 4. The first kappa shape index (κ1) is 14.9. The normalized spacial score (nSPS) is 10.1. The summed E-state index contributed by atoms with van der Waals surface area (Å²) in [5, 5.41) is 15.4. The number of hydrogen-bond donors (Lipinski definition) is 2. The SMILES string of the molecule is O=C(O)Cn1cc(NC(=O)COc2ccccc2Cl)cn1. The molecular weight excluding hydrogens is 298 g/mol. The third-order valence-corrected chi connectivity index (χ3v) is 2.72. The Labute approximate surface area is 125 Å². The van der Waals surface area contributed by atoms with Gasteiger partial charge in [0.15, 0.2) is 6.61 Å². The van der Waals surface area contributed by atoms with Crippen molar-refractivity contribution >= 4 is 29.2 Å². The Morgan fingerprint density at radius 3 is 2.86 bits per heavy atom. The van der Waals surface area contributed by atoms with Crippen LogP contribution < -0.4 is 10.1 Å². The summed E-state index contributed by atoms with van der Waals surface area (Å²) < 4.78 is 6.48. The molecule has 21 heavy (non-hydrogen) atoms. The van der Waals surface area contributed by atoms with E-state index in [1.165, 1.54) is 17.1 Å². The number of ether oxygens (including phenoxy) is 1. The zero-order valence-corrected chi connectivity index (χ0v) is 11.6. The van der Waals surface area contributed by atoms with Crippen LogP contribution in [0.5, 0.6) is 5.75 Å². The molecular formula is C13H12ClN3O4. The van der Waals surface area contributed by atoms with Gasteiger partial charge in [-0.25, -0.2) is 0 Å². The highest BCUT2D eigenvalue weighted by atomic mass is 35.5. The first-order valence-electron chi connectivity index (χ1n) is 5.96. The molecule has 0 fully saturated rings. The van der Waals surface area contributed by atoms with Crippen LogP contribution in [-0.4, -0.2) is 33.4 Å². The number of rotatable bonds is 6. The number of aliphatic carboxylic acids is 1. The summed E-state index contributed by atoms with van der Waals surface area (Å²) in [6, 6.07) is 6.81. The van der Waals surface area contributed by atoms with Crippen molar-refractivity contribution in [3.05, 3.63) is 41.7 Å².